The van der Waals surface area contributed by atoms with Crippen molar-refractivity contribution >= 4 is 11.8 Å². The summed E-state index contributed by atoms with van der Waals surface area (Å²) in [6.45, 7) is 5.36. The Bertz CT molecular complexity index is 836. The molecule has 0 bridgehead atoms. The van der Waals surface area contributed by atoms with Gasteiger partial charge in [0.2, 0.25) is 5.91 Å². The van der Waals surface area contributed by atoms with Crippen molar-refractivity contribution in [2.75, 3.05) is 26.7 Å². The Balaban J connectivity index is 1.63. The van der Waals surface area contributed by atoms with Gasteiger partial charge in [-0.1, -0.05) is 5.16 Å². The number of ether oxygens (including phenoxy) is 1. The van der Waals surface area contributed by atoms with E-state index in [1.54, 1.807) is 31.2 Å². The van der Waals surface area contributed by atoms with Crippen molar-refractivity contribution < 1.29 is 18.8 Å². The van der Waals surface area contributed by atoms with Gasteiger partial charge in [-0.3, -0.25) is 14.6 Å². The molecule has 2 aromatic rings. The number of likely N-dealkylation sites (tertiary alicyclic amines) is 1. The van der Waals surface area contributed by atoms with E-state index < -0.39 is 0 Å². The Morgan fingerprint density at radius 2 is 2.21 bits per heavy atom. The van der Waals surface area contributed by atoms with Crippen LogP contribution in [0.1, 0.15) is 47.5 Å². The third-order valence-corrected chi connectivity index (χ3v) is 5.04. The number of piperidine rings is 1. The average molecular weight is 401 g/mol. The fraction of sp³-hybridized carbons (Fsp3) is 0.550. The third-order valence-electron chi connectivity index (χ3n) is 5.04. The summed E-state index contributed by atoms with van der Waals surface area (Å²) in [6, 6.07) is 3.60. The highest BCUT2D eigenvalue weighted by atomic mass is 16.5. The molecule has 1 aliphatic heterocycles. The molecule has 9 nitrogen and oxygen atoms in total. The molecule has 1 fully saturated rings. The molecule has 9 heteroatoms. The second kappa shape index (κ2) is 9.60. The summed E-state index contributed by atoms with van der Waals surface area (Å²) in [6.07, 6.45) is 3.80. The van der Waals surface area contributed by atoms with Crippen LogP contribution in [0.3, 0.4) is 0 Å². The summed E-state index contributed by atoms with van der Waals surface area (Å²) in [5.74, 6) is 0.880. The van der Waals surface area contributed by atoms with E-state index in [4.69, 9.17) is 9.26 Å². The maximum absolute atomic E-state index is 12.8. The van der Waals surface area contributed by atoms with E-state index in [0.29, 0.717) is 43.3 Å². The van der Waals surface area contributed by atoms with Gasteiger partial charge < -0.3 is 19.1 Å². The lowest BCUT2D eigenvalue weighted by molar-refractivity contribution is -0.132. The van der Waals surface area contributed by atoms with Crippen LogP contribution in [0.4, 0.5) is 0 Å². The van der Waals surface area contributed by atoms with Crippen LogP contribution >= 0.6 is 0 Å². The van der Waals surface area contributed by atoms with E-state index in [1.807, 2.05) is 17.9 Å². The number of pyridine rings is 1. The monoisotopic (exact) mass is 401 g/mol. The molecule has 1 aliphatic rings. The van der Waals surface area contributed by atoms with E-state index >= 15 is 0 Å². The highest BCUT2D eigenvalue weighted by Crippen LogP contribution is 2.19. The summed E-state index contributed by atoms with van der Waals surface area (Å²) in [5.41, 5.74) is 1.44. The Kier molecular flexibility index (Phi) is 6.92. The van der Waals surface area contributed by atoms with Gasteiger partial charge in [0.25, 0.3) is 11.8 Å². The van der Waals surface area contributed by atoms with E-state index in [1.165, 1.54) is 0 Å². The normalized spacial score (nSPS) is 16.7. The first kappa shape index (κ1) is 20.9. The van der Waals surface area contributed by atoms with E-state index in [0.717, 1.165) is 18.5 Å². The van der Waals surface area contributed by atoms with Crippen molar-refractivity contribution in [2.24, 2.45) is 0 Å². The fourth-order valence-corrected chi connectivity index (χ4v) is 3.56. The molecule has 0 saturated carbocycles. The Morgan fingerprint density at radius 1 is 1.38 bits per heavy atom. The lowest BCUT2D eigenvalue weighted by Crippen LogP contribution is -2.51. The number of hydrogen-bond acceptors (Lipinski definition) is 7. The largest absolute Gasteiger partial charge is 0.375 e. The topological polar surface area (TPSA) is 102 Å². The molecule has 3 rings (SSSR count). The lowest BCUT2D eigenvalue weighted by atomic mass is 10.0. The maximum Gasteiger partial charge on any atom is 0.255 e. The number of carbonyl (C=O) groups is 2. The lowest BCUT2D eigenvalue weighted by Gasteiger charge is -2.39. The average Bonchev–Trinajstić information content (AvgIpc) is 3.16. The van der Waals surface area contributed by atoms with E-state index in [9.17, 15) is 9.59 Å². The van der Waals surface area contributed by atoms with Crippen molar-refractivity contribution in [1.29, 1.82) is 0 Å². The van der Waals surface area contributed by atoms with Crippen molar-refractivity contribution in [1.82, 2.24) is 24.9 Å². The van der Waals surface area contributed by atoms with E-state index in [-0.39, 0.29) is 24.5 Å². The Hall–Kier alpha value is -2.81. The second-order valence-electron chi connectivity index (χ2n) is 7.24. The number of methoxy groups -OCH3 is 1. The second-order valence-corrected chi connectivity index (χ2v) is 7.24. The molecule has 0 radical (unpaired) electrons. The standard InChI is InChI=1S/C20H27N5O4/c1-14-6-7-16(11-21-14)20(27)24-9-4-5-17(12-24)25(15(2)26)10-8-18-22-19(13-28-3)29-23-18/h6-7,11,17H,4-5,8-10,12-13H2,1-3H3. The number of nitrogens with zero attached hydrogens (tertiary/aromatic N) is 5. The summed E-state index contributed by atoms with van der Waals surface area (Å²) in [4.78, 5) is 37.2. The quantitative estimate of drug-likeness (QED) is 0.695. The predicted octanol–water partition coefficient (Wildman–Crippen LogP) is 1.62. The maximum atomic E-state index is 12.8. The van der Waals surface area contributed by atoms with Gasteiger partial charge in [0.05, 0.1) is 5.56 Å². The molecule has 29 heavy (non-hydrogen) atoms. The van der Waals surface area contributed by atoms with Crippen LogP contribution in [0.15, 0.2) is 22.9 Å². The van der Waals surface area contributed by atoms with Gasteiger partial charge in [-0.25, -0.2) is 0 Å². The van der Waals surface area contributed by atoms with Crippen molar-refractivity contribution in [3.8, 4) is 0 Å². The van der Waals surface area contributed by atoms with Gasteiger partial charge in [-0.15, -0.1) is 0 Å². The van der Waals surface area contributed by atoms with Gasteiger partial charge in [0, 0.05) is 58.0 Å². The van der Waals surface area contributed by atoms with Gasteiger partial charge in [-0.05, 0) is 31.9 Å². The molecule has 1 atom stereocenters. The molecule has 0 spiro atoms. The zero-order valence-corrected chi connectivity index (χ0v) is 17.1. The number of aryl methyl sites for hydroxylation is 1. The highest BCUT2D eigenvalue weighted by molar-refractivity contribution is 5.94. The van der Waals surface area contributed by atoms with Crippen molar-refractivity contribution in [3.05, 3.63) is 41.3 Å². The van der Waals surface area contributed by atoms with Crippen molar-refractivity contribution in [2.45, 2.75) is 45.8 Å². The summed E-state index contributed by atoms with van der Waals surface area (Å²) >= 11 is 0. The van der Waals surface area contributed by atoms with Crippen LogP contribution in [0.25, 0.3) is 0 Å². The molecule has 2 aromatic heterocycles. The zero-order chi connectivity index (χ0) is 20.8. The van der Waals surface area contributed by atoms with E-state index in [2.05, 4.69) is 15.1 Å². The van der Waals surface area contributed by atoms with Gasteiger partial charge in [0.15, 0.2) is 5.82 Å². The molecule has 0 aliphatic carbocycles. The number of carbonyl (C=O) groups excluding carboxylic acids is 2. The first-order valence-corrected chi connectivity index (χ1v) is 9.77. The molecule has 0 N–H and O–H groups in total. The van der Waals surface area contributed by atoms with Crippen LogP contribution in [0.5, 0.6) is 0 Å². The van der Waals surface area contributed by atoms with Crippen molar-refractivity contribution in [3.63, 3.8) is 0 Å². The minimum atomic E-state index is -0.0481. The number of rotatable bonds is 7. The van der Waals surface area contributed by atoms with Gasteiger partial charge >= 0.3 is 0 Å². The number of aromatic nitrogens is 3. The SMILES string of the molecule is COCc1nc(CCN(C(C)=O)C2CCCN(C(=O)c3ccc(C)nc3)C2)no1. The highest BCUT2D eigenvalue weighted by Gasteiger charge is 2.30. The first-order valence-electron chi connectivity index (χ1n) is 9.77. The Morgan fingerprint density at radius 3 is 2.90 bits per heavy atom. The number of amides is 2. The molecular weight excluding hydrogens is 374 g/mol. The fourth-order valence-electron chi connectivity index (χ4n) is 3.56. The zero-order valence-electron chi connectivity index (χ0n) is 17.1. The molecule has 1 saturated heterocycles. The summed E-state index contributed by atoms with van der Waals surface area (Å²) in [5, 5.41) is 3.93. The number of hydrogen-bond donors (Lipinski definition) is 0. The first-order chi connectivity index (χ1) is 14.0. The molecule has 0 aromatic carbocycles. The minimum absolute atomic E-state index is 0.0260. The third kappa shape index (κ3) is 5.38. The van der Waals surface area contributed by atoms with Crippen LogP contribution in [0, 0.1) is 6.92 Å². The molecule has 3 heterocycles. The van der Waals surface area contributed by atoms with Crippen LogP contribution < -0.4 is 0 Å². The van der Waals surface area contributed by atoms with Crippen LogP contribution in [0.2, 0.25) is 0 Å². The summed E-state index contributed by atoms with van der Waals surface area (Å²) in [7, 11) is 1.56. The van der Waals surface area contributed by atoms with Gasteiger partial charge in [-0.2, -0.15) is 4.98 Å². The molecule has 2 amide bonds. The molecule has 156 valence electrons. The molecular formula is C20H27N5O4. The van der Waals surface area contributed by atoms with Crippen LogP contribution in [-0.2, 0) is 22.6 Å². The smallest absolute Gasteiger partial charge is 0.255 e. The van der Waals surface area contributed by atoms with Crippen LogP contribution in [-0.4, -0.2) is 69.5 Å². The molecule has 1 unspecified atom stereocenters. The Labute approximate surface area is 170 Å². The summed E-state index contributed by atoms with van der Waals surface area (Å²) < 4.78 is 10.1. The minimum Gasteiger partial charge on any atom is -0.375 e. The van der Waals surface area contributed by atoms with Gasteiger partial charge in [0.1, 0.15) is 6.61 Å². The predicted molar refractivity (Wildman–Crippen MR) is 104 cm³/mol.